The van der Waals surface area contributed by atoms with Gasteiger partial charge in [0.15, 0.2) is 5.78 Å². The first-order valence-electron chi connectivity index (χ1n) is 8.94. The van der Waals surface area contributed by atoms with Crippen molar-refractivity contribution in [1.82, 2.24) is 15.5 Å². The lowest BCUT2D eigenvalue weighted by Crippen LogP contribution is -2.48. The summed E-state index contributed by atoms with van der Waals surface area (Å²) >= 11 is 0. The molecule has 0 aromatic rings. The molecule has 1 aliphatic rings. The Balaban J connectivity index is 2.90. The number of carboxylic acid groups (broad SMARTS) is 1. The van der Waals surface area contributed by atoms with E-state index in [4.69, 9.17) is 5.11 Å². The SMILES string of the molecule is C=C1/C=C\C=C/C(C)N(C)/C(C(=O)NCC(=O)NC(CC(=O)O)C(=O)CF)=C\1C. The number of hydrogen-bond acceptors (Lipinski definition) is 5. The molecule has 0 bridgehead atoms. The number of nitrogens with zero attached hydrogens (tertiary/aromatic N) is 1. The highest BCUT2D eigenvalue weighted by Gasteiger charge is 2.25. The molecule has 9 heteroatoms. The Labute approximate surface area is 168 Å². The summed E-state index contributed by atoms with van der Waals surface area (Å²) in [7, 11) is 1.73. The van der Waals surface area contributed by atoms with Crippen LogP contribution in [0.15, 0.2) is 47.7 Å². The quantitative estimate of drug-likeness (QED) is 0.550. The Morgan fingerprint density at radius 2 is 1.97 bits per heavy atom. The van der Waals surface area contributed by atoms with Crippen LogP contribution in [0.2, 0.25) is 0 Å². The molecule has 0 aromatic heterocycles. The van der Waals surface area contributed by atoms with Crippen molar-refractivity contribution < 1.29 is 28.7 Å². The lowest BCUT2D eigenvalue weighted by Gasteiger charge is -2.28. The highest BCUT2D eigenvalue weighted by atomic mass is 19.1. The number of carboxylic acids is 1. The maximum absolute atomic E-state index is 12.7. The maximum atomic E-state index is 12.7. The summed E-state index contributed by atoms with van der Waals surface area (Å²) in [4.78, 5) is 48.8. The van der Waals surface area contributed by atoms with Gasteiger partial charge in [-0.3, -0.25) is 19.2 Å². The van der Waals surface area contributed by atoms with Crippen LogP contribution in [-0.4, -0.2) is 65.9 Å². The number of halogens is 1. The minimum Gasteiger partial charge on any atom is -0.481 e. The van der Waals surface area contributed by atoms with Gasteiger partial charge in [0.25, 0.3) is 5.91 Å². The third-order valence-electron chi connectivity index (χ3n) is 4.46. The Kier molecular flexibility index (Phi) is 8.98. The normalized spacial score (nSPS) is 22.6. The van der Waals surface area contributed by atoms with Crippen LogP contribution in [0.5, 0.6) is 0 Å². The summed E-state index contributed by atoms with van der Waals surface area (Å²) in [5, 5.41) is 13.4. The summed E-state index contributed by atoms with van der Waals surface area (Å²) in [6.07, 6.45) is 6.57. The van der Waals surface area contributed by atoms with Crippen LogP contribution in [0.25, 0.3) is 0 Å². The molecule has 0 fully saturated rings. The monoisotopic (exact) mass is 407 g/mol. The molecule has 2 atom stereocenters. The molecule has 3 N–H and O–H groups in total. The Morgan fingerprint density at radius 1 is 1.31 bits per heavy atom. The zero-order chi connectivity index (χ0) is 22.1. The molecule has 2 unspecified atom stereocenters. The van der Waals surface area contributed by atoms with Gasteiger partial charge >= 0.3 is 5.97 Å². The summed E-state index contributed by atoms with van der Waals surface area (Å²) < 4.78 is 12.6. The maximum Gasteiger partial charge on any atom is 0.305 e. The van der Waals surface area contributed by atoms with Gasteiger partial charge in [0.2, 0.25) is 5.91 Å². The van der Waals surface area contributed by atoms with E-state index >= 15 is 0 Å². The number of ketones is 1. The molecule has 1 aliphatic heterocycles. The molecule has 0 spiro atoms. The molecule has 0 aromatic carbocycles. The zero-order valence-electron chi connectivity index (χ0n) is 16.7. The van der Waals surface area contributed by atoms with Crippen molar-refractivity contribution in [2.24, 2.45) is 0 Å². The number of rotatable bonds is 8. The Bertz CT molecular complexity index is 785. The van der Waals surface area contributed by atoms with E-state index in [0.29, 0.717) is 16.8 Å². The third kappa shape index (κ3) is 7.02. The second-order valence-corrected chi connectivity index (χ2v) is 6.59. The van der Waals surface area contributed by atoms with Crippen LogP contribution < -0.4 is 10.6 Å². The number of carbonyl (C=O) groups is 4. The van der Waals surface area contributed by atoms with E-state index in [1.165, 1.54) is 0 Å². The van der Waals surface area contributed by atoms with Gasteiger partial charge in [-0.15, -0.1) is 0 Å². The van der Waals surface area contributed by atoms with E-state index in [9.17, 15) is 23.6 Å². The van der Waals surface area contributed by atoms with Gasteiger partial charge in [0.05, 0.1) is 13.0 Å². The van der Waals surface area contributed by atoms with E-state index in [-0.39, 0.29) is 6.04 Å². The first kappa shape index (κ1) is 23.8. The van der Waals surface area contributed by atoms with Crippen molar-refractivity contribution in [1.29, 1.82) is 0 Å². The van der Waals surface area contributed by atoms with Crippen LogP contribution in [0.4, 0.5) is 4.39 Å². The topological polar surface area (TPSA) is 116 Å². The van der Waals surface area contributed by atoms with Crippen molar-refractivity contribution in [3.05, 3.63) is 47.7 Å². The molecule has 1 heterocycles. The fourth-order valence-corrected chi connectivity index (χ4v) is 2.60. The van der Waals surface area contributed by atoms with E-state index in [2.05, 4.69) is 17.2 Å². The molecule has 29 heavy (non-hydrogen) atoms. The summed E-state index contributed by atoms with van der Waals surface area (Å²) in [5.74, 6) is -3.75. The molecule has 2 amide bonds. The van der Waals surface area contributed by atoms with Gasteiger partial charge in [0.1, 0.15) is 18.4 Å². The molecule has 1 rings (SSSR count). The number of amides is 2. The van der Waals surface area contributed by atoms with Crippen molar-refractivity contribution in [2.75, 3.05) is 20.3 Å². The second kappa shape index (κ2) is 10.9. The third-order valence-corrected chi connectivity index (χ3v) is 4.46. The number of likely N-dealkylation sites (N-methyl/N-ethyl adjacent to an activating group) is 1. The van der Waals surface area contributed by atoms with Crippen molar-refractivity contribution >= 4 is 23.6 Å². The lowest BCUT2D eigenvalue weighted by atomic mass is 10.1. The van der Waals surface area contributed by atoms with Crippen LogP contribution in [0.1, 0.15) is 20.3 Å². The Hall–Kier alpha value is -3.23. The molecule has 0 radical (unpaired) electrons. The van der Waals surface area contributed by atoms with Gasteiger partial charge in [-0.2, -0.15) is 0 Å². The fourth-order valence-electron chi connectivity index (χ4n) is 2.60. The largest absolute Gasteiger partial charge is 0.481 e. The molecular weight excluding hydrogens is 381 g/mol. The first-order valence-corrected chi connectivity index (χ1v) is 8.94. The molecule has 0 saturated heterocycles. The first-order chi connectivity index (χ1) is 13.6. The summed E-state index contributed by atoms with van der Waals surface area (Å²) in [5.41, 5.74) is 1.56. The highest BCUT2D eigenvalue weighted by Crippen LogP contribution is 2.20. The summed E-state index contributed by atoms with van der Waals surface area (Å²) in [6.45, 7) is 5.65. The van der Waals surface area contributed by atoms with Crippen molar-refractivity contribution in [2.45, 2.75) is 32.4 Å². The van der Waals surface area contributed by atoms with E-state index in [0.717, 1.165) is 0 Å². The average molecular weight is 407 g/mol. The molecule has 158 valence electrons. The second-order valence-electron chi connectivity index (χ2n) is 6.59. The van der Waals surface area contributed by atoms with Crippen molar-refractivity contribution in [3.63, 3.8) is 0 Å². The van der Waals surface area contributed by atoms with Crippen molar-refractivity contribution in [3.8, 4) is 0 Å². The Morgan fingerprint density at radius 3 is 2.55 bits per heavy atom. The fraction of sp³-hybridized carbons (Fsp3) is 0.400. The van der Waals surface area contributed by atoms with Gasteiger partial charge in [0, 0.05) is 13.1 Å². The standard InChI is InChI=1S/C20H26FN3O5/c1-12-7-5-6-8-13(2)24(4)19(14(12)3)20(29)22-11-17(26)23-15(9-18(27)28)16(25)10-21/h5-8,13,15H,1,9-11H2,2-4H3,(H,22,29)(H,23,26)(H,27,28)/b7-5-,8-6-,19-14-. The molecule has 0 saturated carbocycles. The number of alkyl halides is 1. The highest BCUT2D eigenvalue weighted by molar-refractivity contribution is 5.98. The van der Waals surface area contributed by atoms with Crippen LogP contribution in [0, 0.1) is 0 Å². The zero-order valence-corrected chi connectivity index (χ0v) is 16.7. The van der Waals surface area contributed by atoms with Gasteiger partial charge < -0.3 is 20.6 Å². The minimum absolute atomic E-state index is 0.114. The van der Waals surface area contributed by atoms with E-state index in [1.807, 2.05) is 25.2 Å². The number of Topliss-reactive ketones (excluding diaryl/α,β-unsaturated/α-hetero) is 1. The number of aliphatic carboxylic acids is 1. The van der Waals surface area contributed by atoms with E-state index in [1.54, 1.807) is 24.9 Å². The molecular formula is C20H26FN3O5. The van der Waals surface area contributed by atoms with Gasteiger partial charge in [-0.25, -0.2) is 4.39 Å². The predicted molar refractivity (Wildman–Crippen MR) is 106 cm³/mol. The predicted octanol–water partition coefficient (Wildman–Crippen LogP) is 0.877. The molecule has 8 nitrogen and oxygen atoms in total. The summed E-state index contributed by atoms with van der Waals surface area (Å²) in [6, 6.07) is -1.61. The number of hydrogen-bond donors (Lipinski definition) is 3. The minimum atomic E-state index is -1.49. The van der Waals surface area contributed by atoms with Crippen LogP contribution in [0.3, 0.4) is 0 Å². The average Bonchev–Trinajstić information content (AvgIpc) is 2.70. The number of nitrogens with one attached hydrogen (secondary N) is 2. The lowest BCUT2D eigenvalue weighted by molar-refractivity contribution is -0.140. The van der Waals surface area contributed by atoms with Gasteiger partial charge in [-0.1, -0.05) is 30.9 Å². The van der Waals surface area contributed by atoms with E-state index < -0.39 is 49.2 Å². The number of allylic oxidation sites excluding steroid dienone is 5. The van der Waals surface area contributed by atoms with Gasteiger partial charge in [-0.05, 0) is 25.0 Å². The van der Waals surface area contributed by atoms with Crippen LogP contribution in [-0.2, 0) is 19.2 Å². The number of carbonyl (C=O) groups excluding carboxylic acids is 3. The van der Waals surface area contributed by atoms with Crippen LogP contribution >= 0.6 is 0 Å². The smallest absolute Gasteiger partial charge is 0.305 e. The molecule has 0 aliphatic carbocycles.